The fourth-order valence-electron chi connectivity index (χ4n) is 2.48. The van der Waals surface area contributed by atoms with Gasteiger partial charge in [-0.3, -0.25) is 0 Å². The van der Waals surface area contributed by atoms with Crippen molar-refractivity contribution in [3.8, 4) is 0 Å². The molecule has 0 aliphatic carbocycles. The number of hydrogen-bond donors (Lipinski definition) is 1. The van der Waals surface area contributed by atoms with Crippen molar-refractivity contribution in [2.24, 2.45) is 11.8 Å². The number of nitrogens with one attached hydrogen (secondary N) is 1. The zero-order valence-electron chi connectivity index (χ0n) is 17.9. The second-order valence-corrected chi connectivity index (χ2v) is 12.0. The number of nitrogens with zero attached hydrogens (tertiary/aromatic N) is 1. The summed E-state index contributed by atoms with van der Waals surface area (Å²) in [5, 5.41) is 3.29. The van der Waals surface area contributed by atoms with Gasteiger partial charge in [0.1, 0.15) is 0 Å². The van der Waals surface area contributed by atoms with Crippen LogP contribution in [0.1, 0.15) is 53.4 Å². The summed E-state index contributed by atoms with van der Waals surface area (Å²) >= 11 is 0. The SMILES string of the molecule is CC.CC.O=S(=O)(Cl)Cl.[B]CC1CCN(S(=O)(=O)Cl)CC1.[B]CC1CCNCC1. The highest BCUT2D eigenvalue weighted by molar-refractivity contribution is 8.31. The lowest BCUT2D eigenvalue weighted by Gasteiger charge is -2.28. The molecule has 0 saturated carbocycles. The predicted molar refractivity (Wildman–Crippen MR) is 129 cm³/mol. The molecule has 29 heavy (non-hydrogen) atoms. The second-order valence-electron chi connectivity index (χ2n) is 5.83. The van der Waals surface area contributed by atoms with E-state index in [-0.39, 0.29) is 0 Å². The normalized spacial score (nSPS) is 18.3. The number of hydrogen-bond acceptors (Lipinski definition) is 5. The predicted octanol–water partition coefficient (Wildman–Crippen LogP) is 4.10. The summed E-state index contributed by atoms with van der Waals surface area (Å²) in [7, 11) is 17.4. The third-order valence-corrected chi connectivity index (χ3v) is 5.57. The van der Waals surface area contributed by atoms with Crippen LogP contribution in [0, 0.1) is 11.8 Å². The van der Waals surface area contributed by atoms with E-state index in [1.807, 2.05) is 27.7 Å². The molecule has 2 heterocycles. The lowest BCUT2D eigenvalue weighted by atomic mass is 9.85. The Morgan fingerprint density at radius 1 is 0.793 bits per heavy atom. The number of piperidine rings is 2. The molecule has 2 aliphatic rings. The lowest BCUT2D eigenvalue weighted by Crippen LogP contribution is -2.35. The van der Waals surface area contributed by atoms with Crippen molar-refractivity contribution in [1.82, 2.24) is 9.62 Å². The third-order valence-electron chi connectivity index (χ3n) is 4.01. The third kappa shape index (κ3) is 25.0. The highest BCUT2D eigenvalue weighted by Crippen LogP contribution is 2.22. The van der Waals surface area contributed by atoms with Gasteiger partial charge in [0.2, 0.25) is 0 Å². The quantitative estimate of drug-likeness (QED) is 0.456. The summed E-state index contributed by atoms with van der Waals surface area (Å²) in [4.78, 5) is 0. The summed E-state index contributed by atoms with van der Waals surface area (Å²) in [6.07, 6.45) is 5.70. The maximum atomic E-state index is 10.8. The fourth-order valence-corrected chi connectivity index (χ4v) is 3.54. The van der Waals surface area contributed by atoms with Crippen LogP contribution in [0.5, 0.6) is 0 Å². The zero-order chi connectivity index (χ0) is 23.5. The lowest BCUT2D eigenvalue weighted by molar-refractivity contribution is 0.292. The second kappa shape index (κ2) is 20.7. The van der Waals surface area contributed by atoms with Crippen LogP contribution in [0.15, 0.2) is 0 Å². The van der Waals surface area contributed by atoms with Crippen LogP contribution in [0.3, 0.4) is 0 Å². The van der Waals surface area contributed by atoms with Crippen LogP contribution in [-0.4, -0.2) is 63.0 Å². The molecule has 13 heteroatoms. The van der Waals surface area contributed by atoms with Crippen molar-refractivity contribution >= 4 is 65.2 Å². The van der Waals surface area contributed by atoms with Crippen LogP contribution >= 0.6 is 32.0 Å². The monoisotopic (exact) mass is 510 g/mol. The van der Waals surface area contributed by atoms with Gasteiger partial charge in [0.15, 0.2) is 0 Å². The number of rotatable bonds is 3. The molecule has 6 nitrogen and oxygen atoms in total. The Bertz CT molecular complexity index is 549. The Balaban J connectivity index is -0.000000345. The maximum absolute atomic E-state index is 10.8. The van der Waals surface area contributed by atoms with Crippen molar-refractivity contribution in [3.63, 3.8) is 0 Å². The van der Waals surface area contributed by atoms with Crippen molar-refractivity contribution in [1.29, 1.82) is 0 Å². The molecule has 4 radical (unpaired) electrons. The first-order valence-corrected chi connectivity index (χ1v) is 15.3. The number of halogens is 3. The molecular formula is C16H35B2Cl3N2O4S2. The van der Waals surface area contributed by atoms with Crippen LogP contribution < -0.4 is 5.32 Å². The molecule has 0 bridgehead atoms. The first-order valence-electron chi connectivity index (χ1n) is 9.92. The van der Waals surface area contributed by atoms with Crippen molar-refractivity contribution in [2.45, 2.75) is 66.0 Å². The molecule has 0 unspecified atom stereocenters. The Hall–Kier alpha value is 0.820. The Labute approximate surface area is 195 Å². The van der Waals surface area contributed by atoms with Gasteiger partial charge in [0, 0.05) is 45.1 Å². The molecule has 172 valence electrons. The highest BCUT2D eigenvalue weighted by atomic mass is 36.0. The van der Waals surface area contributed by atoms with Gasteiger partial charge in [-0.25, -0.2) is 0 Å². The van der Waals surface area contributed by atoms with E-state index in [9.17, 15) is 8.42 Å². The molecule has 0 aromatic carbocycles. The minimum atomic E-state index is -3.72. The zero-order valence-corrected chi connectivity index (χ0v) is 21.8. The molecule has 0 aromatic heterocycles. The van der Waals surface area contributed by atoms with Crippen molar-refractivity contribution < 1.29 is 16.8 Å². The maximum Gasteiger partial charge on any atom is 0.317 e. The summed E-state index contributed by atoms with van der Waals surface area (Å²) < 4.78 is 41.3. The average molecular weight is 512 g/mol. The fraction of sp³-hybridized carbons (Fsp3) is 1.00. The van der Waals surface area contributed by atoms with Crippen molar-refractivity contribution in [3.05, 3.63) is 0 Å². The summed E-state index contributed by atoms with van der Waals surface area (Å²) in [5.41, 5.74) is 0. The largest absolute Gasteiger partial charge is 0.317 e. The molecule has 1 N–H and O–H groups in total. The van der Waals surface area contributed by atoms with E-state index in [1.54, 1.807) is 0 Å². The molecule has 0 atom stereocenters. The summed E-state index contributed by atoms with van der Waals surface area (Å²) in [6, 6.07) is 0. The van der Waals surface area contributed by atoms with E-state index >= 15 is 0 Å². The van der Waals surface area contributed by atoms with E-state index < -0.39 is 17.5 Å². The van der Waals surface area contributed by atoms with E-state index in [4.69, 9.17) is 34.8 Å². The van der Waals surface area contributed by atoms with Gasteiger partial charge in [-0.2, -0.15) is 21.1 Å². The Morgan fingerprint density at radius 3 is 1.34 bits per heavy atom. The van der Waals surface area contributed by atoms with E-state index in [0.29, 0.717) is 25.3 Å². The smallest absolute Gasteiger partial charge is 0.317 e. The van der Waals surface area contributed by atoms with Gasteiger partial charge in [-0.1, -0.05) is 40.3 Å². The molecule has 2 fully saturated rings. The van der Waals surface area contributed by atoms with E-state index in [1.165, 1.54) is 30.2 Å². The summed E-state index contributed by atoms with van der Waals surface area (Å²) in [6.45, 7) is 11.4. The van der Waals surface area contributed by atoms with Crippen LogP contribution in [0.4, 0.5) is 0 Å². The van der Waals surface area contributed by atoms with E-state index in [0.717, 1.165) is 25.1 Å². The van der Waals surface area contributed by atoms with Crippen molar-refractivity contribution in [2.75, 3.05) is 26.2 Å². The standard InChI is InChI=1S/C6H11BClNO2S.C6H12BN.2C2H6.Cl2O2S/c7-5-6-1-3-9(4-2-6)12(8,10)11;7-5-6-1-3-8-4-2-6;2*1-2;1-5(2,3)4/h6H,1-5H2;6,8H,1-5H2;2*1-2H3;. The van der Waals surface area contributed by atoms with Gasteiger partial charge >= 0.3 is 8.26 Å². The first-order chi connectivity index (χ1) is 13.5. The minimum Gasteiger partial charge on any atom is -0.317 e. The van der Waals surface area contributed by atoms with Crippen LogP contribution in [0.25, 0.3) is 0 Å². The van der Waals surface area contributed by atoms with Crippen LogP contribution in [0.2, 0.25) is 12.6 Å². The topological polar surface area (TPSA) is 83.6 Å². The first kappa shape index (κ1) is 34.4. The molecule has 0 amide bonds. The molecule has 0 spiro atoms. The van der Waals surface area contributed by atoms with Crippen LogP contribution in [-0.2, 0) is 17.5 Å². The minimum absolute atomic E-state index is 0.458. The Morgan fingerprint density at radius 2 is 1.10 bits per heavy atom. The molecule has 2 saturated heterocycles. The van der Waals surface area contributed by atoms with Gasteiger partial charge < -0.3 is 5.32 Å². The molecule has 2 aliphatic heterocycles. The molecular weight excluding hydrogens is 476 g/mol. The van der Waals surface area contributed by atoms with Gasteiger partial charge in [0.05, 0.1) is 15.7 Å². The highest BCUT2D eigenvalue weighted by Gasteiger charge is 2.25. The van der Waals surface area contributed by atoms with Gasteiger partial charge in [-0.05, 0) is 50.6 Å². The van der Waals surface area contributed by atoms with Gasteiger partial charge in [-0.15, -0.1) is 0 Å². The molecule has 2 rings (SSSR count). The van der Waals surface area contributed by atoms with Gasteiger partial charge in [0.25, 0.3) is 9.24 Å². The molecule has 0 aromatic rings. The Kier molecular flexibility index (Phi) is 24.6. The van der Waals surface area contributed by atoms with E-state index in [2.05, 4.69) is 26.7 Å². The average Bonchev–Trinajstić information content (AvgIpc) is 2.70. The summed E-state index contributed by atoms with van der Waals surface area (Å²) in [5.74, 6) is 1.26.